The number of hydrogen-bond acceptors (Lipinski definition) is 6. The van der Waals surface area contributed by atoms with Crippen LogP contribution < -0.4 is 5.32 Å². The number of anilines is 2. The van der Waals surface area contributed by atoms with Crippen molar-refractivity contribution in [2.75, 3.05) is 19.0 Å². The van der Waals surface area contributed by atoms with E-state index in [4.69, 9.17) is 9.72 Å². The largest absolute Gasteiger partial charge is 0.369 e. The molecule has 0 aliphatic carbocycles. The Balaban J connectivity index is 1.89. The van der Waals surface area contributed by atoms with Gasteiger partial charge in [-0.3, -0.25) is 9.78 Å². The molecule has 0 aromatic carbocycles. The Kier molecular flexibility index (Phi) is 5.65. The van der Waals surface area contributed by atoms with Gasteiger partial charge in [0.2, 0.25) is 5.95 Å². The highest BCUT2D eigenvalue weighted by Gasteiger charge is 2.39. The molecule has 2 aromatic heterocycles. The molecule has 28 heavy (non-hydrogen) atoms. The average molecular weight is 383 g/mol. The van der Waals surface area contributed by atoms with E-state index in [9.17, 15) is 4.79 Å². The topological polar surface area (TPSA) is 80.2 Å². The first-order valence-corrected chi connectivity index (χ1v) is 9.64. The molecule has 0 spiro atoms. The lowest BCUT2D eigenvalue weighted by Crippen LogP contribution is -2.46. The van der Waals surface area contributed by atoms with Crippen molar-refractivity contribution in [3.63, 3.8) is 0 Å². The second-order valence-electron chi connectivity index (χ2n) is 7.89. The normalized spacial score (nSPS) is 17.1. The number of rotatable bonds is 5. The summed E-state index contributed by atoms with van der Waals surface area (Å²) >= 11 is 0. The number of nitrogens with one attached hydrogen (secondary N) is 1. The number of pyridine rings is 1. The van der Waals surface area contributed by atoms with Gasteiger partial charge >= 0.3 is 0 Å². The molecular weight excluding hydrogens is 354 g/mol. The van der Waals surface area contributed by atoms with Gasteiger partial charge in [-0.25, -0.2) is 9.97 Å². The summed E-state index contributed by atoms with van der Waals surface area (Å²) < 4.78 is 5.40. The van der Waals surface area contributed by atoms with E-state index in [2.05, 4.69) is 15.3 Å². The van der Waals surface area contributed by atoms with E-state index >= 15 is 0 Å². The molecule has 3 rings (SSSR count). The lowest BCUT2D eigenvalue weighted by atomic mass is 10.0. The number of ether oxygens (including phenoxy) is 1. The second kappa shape index (κ2) is 7.83. The monoisotopic (exact) mass is 383 g/mol. The summed E-state index contributed by atoms with van der Waals surface area (Å²) in [6, 6.07) is 5.84. The quantitative estimate of drug-likeness (QED) is 0.849. The molecule has 1 aliphatic heterocycles. The number of aryl methyl sites for hydroxylation is 3. The molecule has 7 heteroatoms. The molecule has 2 aromatic rings. The third-order valence-electron chi connectivity index (χ3n) is 5.09. The van der Waals surface area contributed by atoms with Crippen molar-refractivity contribution in [2.24, 2.45) is 0 Å². The van der Waals surface area contributed by atoms with Gasteiger partial charge in [-0.15, -0.1) is 0 Å². The Morgan fingerprint density at radius 1 is 1.11 bits per heavy atom. The minimum atomic E-state index is -0.847. The number of methoxy groups -OCH3 is 1. The van der Waals surface area contributed by atoms with Gasteiger partial charge in [0, 0.05) is 36.4 Å². The highest BCUT2D eigenvalue weighted by atomic mass is 16.5. The highest BCUT2D eigenvalue weighted by molar-refractivity contribution is 5.85. The number of nitrogens with zero attached hydrogens (tertiary/aromatic N) is 4. The molecule has 1 amide bonds. The Bertz CT molecular complexity index is 861. The van der Waals surface area contributed by atoms with Gasteiger partial charge in [-0.2, -0.15) is 0 Å². The SMILES string of the molecule is COC(C)(C)C(=O)N1CCC[C@H]1c1cc(Nc2nc(C)cc(C)n2)cc(C)n1. The summed E-state index contributed by atoms with van der Waals surface area (Å²) in [5.41, 5.74) is 3.61. The molecule has 0 saturated carbocycles. The molecule has 1 saturated heterocycles. The Morgan fingerprint density at radius 2 is 1.75 bits per heavy atom. The molecule has 0 bridgehead atoms. The third-order valence-corrected chi connectivity index (χ3v) is 5.09. The van der Waals surface area contributed by atoms with Crippen LogP contribution in [-0.2, 0) is 9.53 Å². The maximum atomic E-state index is 13.0. The fourth-order valence-corrected chi connectivity index (χ4v) is 3.60. The van der Waals surface area contributed by atoms with Crippen LogP contribution in [0.3, 0.4) is 0 Å². The fourth-order valence-electron chi connectivity index (χ4n) is 3.60. The molecule has 3 heterocycles. The Labute approximate surface area is 166 Å². The van der Waals surface area contributed by atoms with Gasteiger partial charge < -0.3 is 15.0 Å². The van der Waals surface area contributed by atoms with Crippen LogP contribution in [-0.4, -0.2) is 45.0 Å². The van der Waals surface area contributed by atoms with Crippen molar-refractivity contribution in [1.82, 2.24) is 19.9 Å². The van der Waals surface area contributed by atoms with Crippen molar-refractivity contribution in [3.8, 4) is 0 Å². The zero-order chi connectivity index (χ0) is 20.5. The van der Waals surface area contributed by atoms with Gasteiger partial charge in [-0.05, 0) is 65.7 Å². The first kappa shape index (κ1) is 20.2. The molecule has 0 unspecified atom stereocenters. The maximum absolute atomic E-state index is 13.0. The summed E-state index contributed by atoms with van der Waals surface area (Å²) in [5.74, 6) is 0.557. The van der Waals surface area contributed by atoms with Gasteiger partial charge in [0.15, 0.2) is 0 Å². The van der Waals surface area contributed by atoms with Gasteiger partial charge in [0.25, 0.3) is 5.91 Å². The first-order valence-electron chi connectivity index (χ1n) is 9.64. The number of hydrogen-bond donors (Lipinski definition) is 1. The zero-order valence-electron chi connectivity index (χ0n) is 17.5. The van der Waals surface area contributed by atoms with Crippen LogP contribution >= 0.6 is 0 Å². The molecule has 7 nitrogen and oxygen atoms in total. The Morgan fingerprint density at radius 3 is 2.39 bits per heavy atom. The molecule has 150 valence electrons. The maximum Gasteiger partial charge on any atom is 0.254 e. The summed E-state index contributed by atoms with van der Waals surface area (Å²) in [7, 11) is 1.57. The van der Waals surface area contributed by atoms with Crippen LogP contribution in [0.5, 0.6) is 0 Å². The predicted octanol–water partition coefficient (Wildman–Crippen LogP) is 3.63. The van der Waals surface area contributed by atoms with Crippen molar-refractivity contribution in [1.29, 1.82) is 0 Å². The highest BCUT2D eigenvalue weighted by Crippen LogP contribution is 2.34. The molecule has 1 N–H and O–H groups in total. The van der Waals surface area contributed by atoms with E-state index in [1.807, 2.05) is 43.9 Å². The number of likely N-dealkylation sites (tertiary alicyclic amines) is 1. The zero-order valence-corrected chi connectivity index (χ0v) is 17.5. The smallest absolute Gasteiger partial charge is 0.254 e. The first-order chi connectivity index (χ1) is 13.2. The number of carbonyl (C=O) groups is 1. The van der Waals surface area contributed by atoms with Crippen molar-refractivity contribution in [3.05, 3.63) is 41.0 Å². The van der Waals surface area contributed by atoms with Crippen LogP contribution in [0.25, 0.3) is 0 Å². The van der Waals surface area contributed by atoms with Crippen LogP contribution in [0, 0.1) is 20.8 Å². The number of aromatic nitrogens is 3. The standard InChI is InChI=1S/C21H29N5O2/c1-13-10-14(2)24-20(23-13)25-16-11-15(3)22-17(12-16)18-8-7-9-26(18)19(27)21(4,5)28-6/h10-12,18H,7-9H2,1-6H3,(H,22,23,24,25)/t18-/m0/s1. The Hall–Kier alpha value is -2.54. The van der Waals surface area contributed by atoms with E-state index < -0.39 is 5.60 Å². The molecule has 1 atom stereocenters. The minimum Gasteiger partial charge on any atom is -0.369 e. The molecular formula is C21H29N5O2. The van der Waals surface area contributed by atoms with Crippen molar-refractivity contribution in [2.45, 2.75) is 59.1 Å². The second-order valence-corrected chi connectivity index (χ2v) is 7.89. The lowest BCUT2D eigenvalue weighted by molar-refractivity contribution is -0.152. The van der Waals surface area contributed by atoms with Crippen LogP contribution in [0.4, 0.5) is 11.6 Å². The van der Waals surface area contributed by atoms with Gasteiger partial charge in [0.1, 0.15) is 5.60 Å². The van der Waals surface area contributed by atoms with Crippen molar-refractivity contribution < 1.29 is 9.53 Å². The molecule has 1 fully saturated rings. The lowest BCUT2D eigenvalue weighted by Gasteiger charge is -2.32. The van der Waals surface area contributed by atoms with Crippen LogP contribution in [0.15, 0.2) is 18.2 Å². The average Bonchev–Trinajstić information content (AvgIpc) is 3.09. The molecule has 0 radical (unpaired) electrons. The van der Waals surface area contributed by atoms with Crippen LogP contribution in [0.2, 0.25) is 0 Å². The van der Waals surface area contributed by atoms with Gasteiger partial charge in [0.05, 0.1) is 11.7 Å². The number of carbonyl (C=O) groups excluding carboxylic acids is 1. The van der Waals surface area contributed by atoms with E-state index in [0.717, 1.165) is 47.8 Å². The van der Waals surface area contributed by atoms with E-state index in [1.54, 1.807) is 21.0 Å². The predicted molar refractivity (Wildman–Crippen MR) is 109 cm³/mol. The number of amides is 1. The molecule has 1 aliphatic rings. The summed E-state index contributed by atoms with van der Waals surface area (Å²) in [6.07, 6.45) is 1.84. The van der Waals surface area contributed by atoms with Crippen molar-refractivity contribution >= 4 is 17.5 Å². The van der Waals surface area contributed by atoms with Gasteiger partial charge in [-0.1, -0.05) is 0 Å². The third kappa shape index (κ3) is 4.30. The summed E-state index contributed by atoms with van der Waals surface area (Å²) in [5, 5.41) is 3.29. The van der Waals surface area contributed by atoms with E-state index in [-0.39, 0.29) is 11.9 Å². The summed E-state index contributed by atoms with van der Waals surface area (Å²) in [4.78, 5) is 28.5. The fraction of sp³-hybridized carbons (Fsp3) is 0.524. The van der Waals surface area contributed by atoms with E-state index in [0.29, 0.717) is 5.95 Å². The van der Waals surface area contributed by atoms with E-state index in [1.165, 1.54) is 0 Å². The minimum absolute atomic E-state index is 0.00652. The van der Waals surface area contributed by atoms with Crippen LogP contribution in [0.1, 0.15) is 55.5 Å². The summed E-state index contributed by atoms with van der Waals surface area (Å²) in [6.45, 7) is 10.2.